The fourth-order valence-electron chi connectivity index (χ4n) is 3.09. The largest absolute Gasteiger partial charge is 0.489 e. The predicted octanol–water partition coefficient (Wildman–Crippen LogP) is 4.01. The lowest BCUT2D eigenvalue weighted by Gasteiger charge is -2.19. The lowest BCUT2D eigenvalue weighted by atomic mass is 10.0. The molecule has 1 heterocycles. The van der Waals surface area contributed by atoms with Crippen LogP contribution in [0.4, 0.5) is 0 Å². The molecule has 2 aromatic rings. The van der Waals surface area contributed by atoms with Crippen LogP contribution in [-0.2, 0) is 0 Å². The number of hydrogen-bond acceptors (Lipinski definition) is 4. The van der Waals surface area contributed by atoms with Crippen LogP contribution in [-0.4, -0.2) is 36.5 Å². The smallest absolute Gasteiger partial charge is 0.138 e. The molecule has 1 fully saturated rings. The van der Waals surface area contributed by atoms with E-state index in [1.54, 1.807) is 12.1 Å². The molecule has 3 unspecified atom stereocenters. The van der Waals surface area contributed by atoms with E-state index in [0.29, 0.717) is 23.2 Å². The summed E-state index contributed by atoms with van der Waals surface area (Å²) >= 11 is 6.07. The van der Waals surface area contributed by atoms with Crippen LogP contribution in [0.3, 0.4) is 0 Å². The van der Waals surface area contributed by atoms with Gasteiger partial charge in [0, 0.05) is 19.0 Å². The molecule has 5 heteroatoms. The SMILES string of the molecule is CC(C)c1ccc(OC2CNC(C(O)COc3ccccc3Cl)C2)cc1. The molecule has 26 heavy (non-hydrogen) atoms. The topological polar surface area (TPSA) is 50.7 Å². The van der Waals surface area contributed by atoms with Crippen molar-refractivity contribution in [3.63, 3.8) is 0 Å². The second kappa shape index (κ2) is 8.76. The molecule has 2 N–H and O–H groups in total. The lowest BCUT2D eigenvalue weighted by Crippen LogP contribution is -2.38. The summed E-state index contributed by atoms with van der Waals surface area (Å²) in [7, 11) is 0. The Bertz CT molecular complexity index is 705. The van der Waals surface area contributed by atoms with Gasteiger partial charge in [0.2, 0.25) is 0 Å². The van der Waals surface area contributed by atoms with Crippen LogP contribution in [0.25, 0.3) is 0 Å². The molecule has 0 bridgehead atoms. The molecule has 0 aromatic heterocycles. The molecule has 0 radical (unpaired) electrons. The summed E-state index contributed by atoms with van der Waals surface area (Å²) in [4.78, 5) is 0. The highest BCUT2D eigenvalue weighted by molar-refractivity contribution is 6.32. The van der Waals surface area contributed by atoms with E-state index in [2.05, 4.69) is 31.3 Å². The van der Waals surface area contributed by atoms with E-state index in [4.69, 9.17) is 21.1 Å². The molecule has 0 saturated carbocycles. The van der Waals surface area contributed by atoms with Gasteiger partial charge in [-0.2, -0.15) is 0 Å². The first-order chi connectivity index (χ1) is 12.5. The molecule has 140 valence electrons. The molecular formula is C21H26ClNO3. The number of benzene rings is 2. The minimum atomic E-state index is -0.622. The Morgan fingerprint density at radius 2 is 1.88 bits per heavy atom. The van der Waals surface area contributed by atoms with Gasteiger partial charge in [-0.15, -0.1) is 0 Å². The van der Waals surface area contributed by atoms with Crippen LogP contribution in [0.15, 0.2) is 48.5 Å². The van der Waals surface area contributed by atoms with Crippen molar-refractivity contribution in [2.75, 3.05) is 13.2 Å². The van der Waals surface area contributed by atoms with E-state index in [0.717, 1.165) is 12.2 Å². The molecule has 1 aliphatic rings. The van der Waals surface area contributed by atoms with Crippen LogP contribution < -0.4 is 14.8 Å². The molecular weight excluding hydrogens is 350 g/mol. The number of halogens is 1. The average Bonchev–Trinajstić information content (AvgIpc) is 3.10. The first-order valence-electron chi connectivity index (χ1n) is 9.08. The molecule has 3 atom stereocenters. The highest BCUT2D eigenvalue weighted by Gasteiger charge is 2.31. The van der Waals surface area contributed by atoms with E-state index in [1.165, 1.54) is 5.56 Å². The van der Waals surface area contributed by atoms with Gasteiger partial charge in [0.25, 0.3) is 0 Å². The Kier molecular flexibility index (Phi) is 6.41. The first-order valence-corrected chi connectivity index (χ1v) is 9.46. The Balaban J connectivity index is 1.47. The van der Waals surface area contributed by atoms with E-state index in [1.807, 2.05) is 24.3 Å². The van der Waals surface area contributed by atoms with Gasteiger partial charge in [-0.05, 0) is 35.7 Å². The monoisotopic (exact) mass is 375 g/mol. The molecule has 0 spiro atoms. The highest BCUT2D eigenvalue weighted by atomic mass is 35.5. The number of aliphatic hydroxyl groups excluding tert-OH is 1. The van der Waals surface area contributed by atoms with Gasteiger partial charge < -0.3 is 19.9 Å². The molecule has 0 amide bonds. The van der Waals surface area contributed by atoms with Gasteiger partial charge in [-0.1, -0.05) is 49.7 Å². The molecule has 4 nitrogen and oxygen atoms in total. The number of nitrogens with one attached hydrogen (secondary N) is 1. The van der Waals surface area contributed by atoms with E-state index in [-0.39, 0.29) is 18.8 Å². The van der Waals surface area contributed by atoms with Crippen molar-refractivity contribution in [3.8, 4) is 11.5 Å². The van der Waals surface area contributed by atoms with Crippen molar-refractivity contribution < 1.29 is 14.6 Å². The zero-order chi connectivity index (χ0) is 18.5. The van der Waals surface area contributed by atoms with Crippen molar-refractivity contribution >= 4 is 11.6 Å². The fourth-order valence-corrected chi connectivity index (χ4v) is 3.28. The maximum atomic E-state index is 10.4. The molecule has 1 saturated heterocycles. The summed E-state index contributed by atoms with van der Waals surface area (Å²) in [6.45, 7) is 5.25. The second-order valence-corrected chi connectivity index (χ2v) is 7.43. The van der Waals surface area contributed by atoms with Gasteiger partial charge in [0.1, 0.15) is 30.3 Å². The normalized spacial score (nSPS) is 21.0. The summed E-state index contributed by atoms with van der Waals surface area (Å²) in [6, 6.07) is 15.4. The van der Waals surface area contributed by atoms with Gasteiger partial charge in [0.15, 0.2) is 0 Å². The van der Waals surface area contributed by atoms with Gasteiger partial charge in [-0.3, -0.25) is 0 Å². The Hall–Kier alpha value is -1.75. The summed E-state index contributed by atoms with van der Waals surface area (Å²) in [5.74, 6) is 1.96. The van der Waals surface area contributed by atoms with Crippen LogP contribution >= 0.6 is 11.6 Å². The Morgan fingerprint density at radius 1 is 1.15 bits per heavy atom. The summed E-state index contributed by atoms with van der Waals surface area (Å²) < 4.78 is 11.7. The third-order valence-electron chi connectivity index (χ3n) is 4.68. The van der Waals surface area contributed by atoms with Crippen molar-refractivity contribution in [2.45, 2.75) is 44.4 Å². The Morgan fingerprint density at radius 3 is 2.58 bits per heavy atom. The lowest BCUT2D eigenvalue weighted by molar-refractivity contribution is 0.0756. The van der Waals surface area contributed by atoms with Crippen LogP contribution in [0.5, 0.6) is 11.5 Å². The average molecular weight is 376 g/mol. The first kappa shape index (κ1) is 19.0. The summed E-state index contributed by atoms with van der Waals surface area (Å²) in [5, 5.41) is 14.3. The zero-order valence-electron chi connectivity index (χ0n) is 15.2. The number of aliphatic hydroxyl groups is 1. The van der Waals surface area contributed by atoms with E-state index < -0.39 is 6.10 Å². The van der Waals surface area contributed by atoms with Crippen LogP contribution in [0, 0.1) is 0 Å². The minimum Gasteiger partial charge on any atom is -0.489 e. The molecule has 2 aromatic carbocycles. The maximum Gasteiger partial charge on any atom is 0.138 e. The van der Waals surface area contributed by atoms with Gasteiger partial charge in [-0.25, -0.2) is 0 Å². The second-order valence-electron chi connectivity index (χ2n) is 7.02. The van der Waals surface area contributed by atoms with Crippen molar-refractivity contribution in [1.82, 2.24) is 5.32 Å². The van der Waals surface area contributed by atoms with Crippen LogP contribution in [0.1, 0.15) is 31.7 Å². The highest BCUT2D eigenvalue weighted by Crippen LogP contribution is 2.25. The summed E-state index contributed by atoms with van der Waals surface area (Å²) in [6.07, 6.45) is 0.155. The van der Waals surface area contributed by atoms with Crippen LogP contribution in [0.2, 0.25) is 5.02 Å². The fraction of sp³-hybridized carbons (Fsp3) is 0.429. The van der Waals surface area contributed by atoms with Crippen molar-refractivity contribution in [1.29, 1.82) is 0 Å². The number of rotatable bonds is 7. The number of ether oxygens (including phenoxy) is 2. The van der Waals surface area contributed by atoms with Gasteiger partial charge >= 0.3 is 0 Å². The van der Waals surface area contributed by atoms with E-state index >= 15 is 0 Å². The molecule has 1 aliphatic heterocycles. The Labute approximate surface area is 160 Å². The maximum absolute atomic E-state index is 10.4. The standard InChI is InChI=1S/C21H26ClNO3/c1-14(2)15-7-9-16(10-8-15)26-17-11-19(23-12-17)20(24)13-25-21-6-4-3-5-18(21)22/h3-10,14,17,19-20,23-24H,11-13H2,1-2H3. The summed E-state index contributed by atoms with van der Waals surface area (Å²) in [5.41, 5.74) is 1.30. The van der Waals surface area contributed by atoms with Crippen molar-refractivity contribution in [3.05, 3.63) is 59.1 Å². The minimum absolute atomic E-state index is 0.0415. The predicted molar refractivity (Wildman–Crippen MR) is 104 cm³/mol. The third-order valence-corrected chi connectivity index (χ3v) is 5.00. The van der Waals surface area contributed by atoms with Gasteiger partial charge in [0.05, 0.1) is 5.02 Å². The number of hydrogen-bond donors (Lipinski definition) is 2. The quantitative estimate of drug-likeness (QED) is 0.767. The molecule has 3 rings (SSSR count). The molecule has 0 aliphatic carbocycles. The van der Waals surface area contributed by atoms with Crippen molar-refractivity contribution in [2.24, 2.45) is 0 Å². The zero-order valence-corrected chi connectivity index (χ0v) is 15.9. The van der Waals surface area contributed by atoms with E-state index in [9.17, 15) is 5.11 Å². The number of para-hydroxylation sites is 1. The third kappa shape index (κ3) is 4.91.